The number of aromatic nitrogens is 2. The van der Waals surface area contributed by atoms with Gasteiger partial charge in [0.25, 0.3) is 5.56 Å². The molecule has 0 bridgehead atoms. The van der Waals surface area contributed by atoms with Crippen molar-refractivity contribution in [2.45, 2.75) is 13.5 Å². The Kier molecular flexibility index (Phi) is 4.18. The van der Waals surface area contributed by atoms with Gasteiger partial charge in [0, 0.05) is 15.3 Å². The van der Waals surface area contributed by atoms with E-state index in [1.807, 2.05) is 30.5 Å². The van der Waals surface area contributed by atoms with Gasteiger partial charge in [0.1, 0.15) is 4.83 Å². The molecule has 0 saturated carbocycles. The lowest BCUT2D eigenvalue weighted by atomic mass is 10.1. The van der Waals surface area contributed by atoms with Gasteiger partial charge in [-0.3, -0.25) is 9.36 Å². The highest BCUT2D eigenvalue weighted by molar-refractivity contribution is 7.20. The van der Waals surface area contributed by atoms with Gasteiger partial charge < -0.3 is 5.11 Å². The second-order valence-corrected chi connectivity index (χ2v) is 8.02. The summed E-state index contributed by atoms with van der Waals surface area (Å²) in [5.74, 6) is -0.985. The van der Waals surface area contributed by atoms with Gasteiger partial charge in [-0.25, -0.2) is 9.78 Å². The van der Waals surface area contributed by atoms with E-state index in [-0.39, 0.29) is 17.7 Å². The number of benzene rings is 1. The molecule has 3 aromatic heterocycles. The third-order valence-corrected chi connectivity index (χ3v) is 6.05. The van der Waals surface area contributed by atoms with E-state index in [0.29, 0.717) is 5.39 Å². The first kappa shape index (κ1) is 16.7. The van der Waals surface area contributed by atoms with Crippen molar-refractivity contribution < 1.29 is 9.90 Å². The molecule has 0 aliphatic carbocycles. The van der Waals surface area contributed by atoms with Crippen LogP contribution in [0.15, 0.2) is 52.9 Å². The first-order chi connectivity index (χ1) is 12.5. The van der Waals surface area contributed by atoms with Crippen molar-refractivity contribution in [1.29, 1.82) is 0 Å². The Bertz CT molecular complexity index is 1170. The Hall–Kier alpha value is -2.77. The van der Waals surface area contributed by atoms with Gasteiger partial charge in [0.15, 0.2) is 0 Å². The molecule has 0 spiro atoms. The largest absolute Gasteiger partial charge is 0.478 e. The standard InChI is InChI=1S/C19H14N2O3S2/c1-11-15(14-6-3-7-25-14)16-17(26-11)20-10-21(18(16)22)9-12-4-2-5-13(8-12)19(23)24/h2-8,10H,9H2,1H3,(H,23,24). The average Bonchev–Trinajstić information content (AvgIpc) is 3.25. The Morgan fingerprint density at radius 3 is 2.85 bits per heavy atom. The van der Waals surface area contributed by atoms with Crippen LogP contribution in [0.3, 0.4) is 0 Å². The van der Waals surface area contributed by atoms with Gasteiger partial charge in [0.05, 0.1) is 23.8 Å². The predicted molar refractivity (Wildman–Crippen MR) is 104 cm³/mol. The van der Waals surface area contributed by atoms with Crippen molar-refractivity contribution in [3.05, 3.63) is 74.5 Å². The molecule has 3 heterocycles. The fourth-order valence-corrected chi connectivity index (χ4v) is 4.86. The number of carboxylic acids is 1. The summed E-state index contributed by atoms with van der Waals surface area (Å²) >= 11 is 3.12. The number of aromatic carboxylic acids is 1. The van der Waals surface area contributed by atoms with Crippen LogP contribution < -0.4 is 5.56 Å². The highest BCUT2D eigenvalue weighted by Gasteiger charge is 2.17. The van der Waals surface area contributed by atoms with Crippen molar-refractivity contribution in [1.82, 2.24) is 9.55 Å². The van der Waals surface area contributed by atoms with Crippen LogP contribution >= 0.6 is 22.7 Å². The van der Waals surface area contributed by atoms with Gasteiger partial charge in [0.2, 0.25) is 0 Å². The second kappa shape index (κ2) is 6.51. The maximum absolute atomic E-state index is 13.1. The Morgan fingerprint density at radius 1 is 1.27 bits per heavy atom. The van der Waals surface area contributed by atoms with E-state index >= 15 is 0 Å². The predicted octanol–water partition coefficient (Wildman–Crippen LogP) is 4.24. The SMILES string of the molecule is Cc1sc2ncn(Cc3cccc(C(=O)O)c3)c(=O)c2c1-c1cccs1. The van der Waals surface area contributed by atoms with Gasteiger partial charge >= 0.3 is 5.97 Å². The van der Waals surface area contributed by atoms with Crippen LogP contribution in [0, 0.1) is 6.92 Å². The quantitative estimate of drug-likeness (QED) is 0.573. The van der Waals surface area contributed by atoms with E-state index in [0.717, 1.165) is 25.7 Å². The molecule has 1 N–H and O–H groups in total. The Morgan fingerprint density at radius 2 is 2.12 bits per heavy atom. The van der Waals surface area contributed by atoms with E-state index in [9.17, 15) is 9.59 Å². The van der Waals surface area contributed by atoms with Crippen molar-refractivity contribution in [3.63, 3.8) is 0 Å². The van der Waals surface area contributed by atoms with Crippen molar-refractivity contribution in [3.8, 4) is 10.4 Å². The molecular weight excluding hydrogens is 368 g/mol. The summed E-state index contributed by atoms with van der Waals surface area (Å²) in [4.78, 5) is 31.6. The van der Waals surface area contributed by atoms with E-state index in [1.165, 1.54) is 28.3 Å². The number of carbonyl (C=O) groups is 1. The highest BCUT2D eigenvalue weighted by Crippen LogP contribution is 2.37. The van der Waals surface area contributed by atoms with Crippen LogP contribution in [0.25, 0.3) is 20.7 Å². The Balaban J connectivity index is 1.84. The first-order valence-corrected chi connectivity index (χ1v) is 9.59. The third-order valence-electron chi connectivity index (χ3n) is 4.15. The zero-order chi connectivity index (χ0) is 18.3. The number of thiophene rings is 2. The van der Waals surface area contributed by atoms with Gasteiger partial charge in [-0.15, -0.1) is 22.7 Å². The molecule has 4 aromatic rings. The van der Waals surface area contributed by atoms with Crippen LogP contribution in [0.4, 0.5) is 0 Å². The lowest BCUT2D eigenvalue weighted by Crippen LogP contribution is -2.21. The molecule has 130 valence electrons. The maximum atomic E-state index is 13.1. The summed E-state index contributed by atoms with van der Waals surface area (Å²) in [6.45, 7) is 2.28. The number of hydrogen-bond acceptors (Lipinski definition) is 5. The van der Waals surface area contributed by atoms with Gasteiger partial charge in [-0.1, -0.05) is 18.2 Å². The fourth-order valence-electron chi connectivity index (χ4n) is 2.97. The lowest BCUT2D eigenvalue weighted by molar-refractivity contribution is 0.0696. The van der Waals surface area contributed by atoms with Gasteiger partial charge in [-0.05, 0) is 36.1 Å². The highest BCUT2D eigenvalue weighted by atomic mass is 32.1. The van der Waals surface area contributed by atoms with E-state index in [2.05, 4.69) is 4.98 Å². The van der Waals surface area contributed by atoms with Crippen molar-refractivity contribution in [2.24, 2.45) is 0 Å². The van der Waals surface area contributed by atoms with Crippen LogP contribution in [0.5, 0.6) is 0 Å². The monoisotopic (exact) mass is 382 g/mol. The van der Waals surface area contributed by atoms with E-state index < -0.39 is 5.97 Å². The number of rotatable bonds is 4. The summed E-state index contributed by atoms with van der Waals surface area (Å²) in [6, 6.07) is 10.6. The summed E-state index contributed by atoms with van der Waals surface area (Å²) < 4.78 is 1.53. The Labute approximate surface area is 156 Å². The molecule has 0 amide bonds. The lowest BCUT2D eigenvalue weighted by Gasteiger charge is -2.07. The number of hydrogen-bond donors (Lipinski definition) is 1. The van der Waals surface area contributed by atoms with Gasteiger partial charge in [-0.2, -0.15) is 0 Å². The normalized spacial score (nSPS) is 11.1. The van der Waals surface area contributed by atoms with Crippen molar-refractivity contribution >= 4 is 38.9 Å². The summed E-state index contributed by atoms with van der Waals surface area (Å²) in [6.07, 6.45) is 1.53. The molecule has 0 aliphatic rings. The number of aryl methyl sites for hydroxylation is 1. The van der Waals surface area contributed by atoms with Crippen LogP contribution in [-0.2, 0) is 6.54 Å². The summed E-state index contributed by atoms with van der Waals surface area (Å²) in [7, 11) is 0. The van der Waals surface area contributed by atoms with E-state index in [4.69, 9.17) is 5.11 Å². The van der Waals surface area contributed by atoms with Crippen LogP contribution in [0.2, 0.25) is 0 Å². The number of nitrogens with zero attached hydrogens (tertiary/aromatic N) is 2. The number of fused-ring (bicyclic) bond motifs is 1. The minimum Gasteiger partial charge on any atom is -0.478 e. The molecule has 0 unspecified atom stereocenters. The van der Waals surface area contributed by atoms with Crippen molar-refractivity contribution in [2.75, 3.05) is 0 Å². The molecule has 26 heavy (non-hydrogen) atoms. The smallest absolute Gasteiger partial charge is 0.335 e. The zero-order valence-electron chi connectivity index (χ0n) is 13.8. The molecule has 0 aliphatic heterocycles. The minimum atomic E-state index is -0.985. The molecule has 0 atom stereocenters. The molecule has 0 saturated heterocycles. The summed E-state index contributed by atoms with van der Waals surface area (Å²) in [5, 5.41) is 11.8. The second-order valence-electron chi connectivity index (χ2n) is 5.87. The van der Waals surface area contributed by atoms with Crippen LogP contribution in [-0.4, -0.2) is 20.6 Å². The third kappa shape index (κ3) is 2.85. The number of carboxylic acid groups (broad SMARTS) is 1. The fraction of sp³-hybridized carbons (Fsp3) is 0.105. The minimum absolute atomic E-state index is 0.108. The molecule has 0 fully saturated rings. The molecule has 1 aromatic carbocycles. The molecule has 5 nitrogen and oxygen atoms in total. The molecule has 0 radical (unpaired) electrons. The van der Waals surface area contributed by atoms with E-state index in [1.54, 1.807) is 23.5 Å². The maximum Gasteiger partial charge on any atom is 0.335 e. The topological polar surface area (TPSA) is 72.2 Å². The zero-order valence-corrected chi connectivity index (χ0v) is 15.4. The molecular formula is C19H14N2O3S2. The molecule has 4 rings (SSSR count). The molecule has 7 heteroatoms. The summed E-state index contributed by atoms with van der Waals surface area (Å²) in [5.41, 5.74) is 1.79. The van der Waals surface area contributed by atoms with Crippen LogP contribution in [0.1, 0.15) is 20.8 Å². The first-order valence-electron chi connectivity index (χ1n) is 7.89. The average molecular weight is 382 g/mol.